The molecule has 4 nitrogen and oxygen atoms in total. The fraction of sp³-hybridized carbons (Fsp3) is 1.00. The van der Waals surface area contributed by atoms with Gasteiger partial charge in [-0.25, -0.2) is 0 Å². The number of piperazine rings is 1. The lowest BCUT2D eigenvalue weighted by Crippen LogP contribution is -2.46. The highest BCUT2D eigenvalue weighted by Gasteiger charge is 2.27. The van der Waals surface area contributed by atoms with E-state index in [2.05, 4.69) is 21.7 Å². The number of nitrogens with zero attached hydrogens (tertiary/aromatic N) is 3. The molecule has 4 heteroatoms. The normalized spacial score (nSPS) is 32.2. The third-order valence-electron chi connectivity index (χ3n) is 6.70. The first-order chi connectivity index (χ1) is 11.7. The quantitative estimate of drug-likeness (QED) is 0.741. The van der Waals surface area contributed by atoms with Crippen LogP contribution >= 0.6 is 0 Å². The Morgan fingerprint density at radius 2 is 1.17 bits per heavy atom. The van der Waals surface area contributed by atoms with Crippen LogP contribution in [-0.2, 0) is 4.74 Å². The standard InChI is InChI=1S/C20H39N3O/c1-21-11-13-23(14-12-21)16-19-5-3-18(4-6-19)15-22-9-7-20(8-10-22)17-24-2/h18-20H,3-17H2,1-2H3. The summed E-state index contributed by atoms with van der Waals surface area (Å²) in [5.74, 6) is 2.75. The van der Waals surface area contributed by atoms with Gasteiger partial charge in [0.15, 0.2) is 0 Å². The minimum Gasteiger partial charge on any atom is -0.384 e. The van der Waals surface area contributed by atoms with Crippen molar-refractivity contribution < 1.29 is 4.74 Å². The van der Waals surface area contributed by atoms with E-state index in [1.54, 1.807) is 0 Å². The molecule has 2 heterocycles. The van der Waals surface area contributed by atoms with Crippen LogP contribution in [0.3, 0.4) is 0 Å². The van der Waals surface area contributed by atoms with Gasteiger partial charge in [-0.1, -0.05) is 0 Å². The SMILES string of the molecule is COCC1CCN(CC2CCC(CN3CCN(C)CC3)CC2)CC1. The van der Waals surface area contributed by atoms with Crippen LogP contribution in [0.2, 0.25) is 0 Å². The monoisotopic (exact) mass is 337 g/mol. The van der Waals surface area contributed by atoms with Gasteiger partial charge in [0.05, 0.1) is 0 Å². The number of likely N-dealkylation sites (tertiary alicyclic amines) is 1. The number of hydrogen-bond acceptors (Lipinski definition) is 4. The maximum Gasteiger partial charge on any atom is 0.0491 e. The van der Waals surface area contributed by atoms with Crippen molar-refractivity contribution >= 4 is 0 Å². The van der Waals surface area contributed by atoms with Crippen LogP contribution in [0.4, 0.5) is 0 Å². The van der Waals surface area contributed by atoms with Gasteiger partial charge >= 0.3 is 0 Å². The van der Waals surface area contributed by atoms with Crippen LogP contribution in [-0.4, -0.2) is 87.8 Å². The maximum atomic E-state index is 5.32. The van der Waals surface area contributed by atoms with E-state index in [1.807, 2.05) is 7.11 Å². The second kappa shape index (κ2) is 9.51. The molecule has 3 fully saturated rings. The zero-order chi connectivity index (χ0) is 16.8. The van der Waals surface area contributed by atoms with E-state index < -0.39 is 0 Å². The predicted octanol–water partition coefficient (Wildman–Crippen LogP) is 2.40. The van der Waals surface area contributed by atoms with Crippen molar-refractivity contribution in [1.82, 2.24) is 14.7 Å². The lowest BCUT2D eigenvalue weighted by molar-refractivity contribution is 0.0809. The molecule has 3 aliphatic rings. The number of hydrogen-bond donors (Lipinski definition) is 0. The number of ether oxygens (including phenoxy) is 1. The summed E-state index contributed by atoms with van der Waals surface area (Å²) in [6.45, 7) is 11.4. The molecular weight excluding hydrogens is 298 g/mol. The average molecular weight is 338 g/mol. The summed E-state index contributed by atoms with van der Waals surface area (Å²) in [4.78, 5) is 7.91. The van der Waals surface area contributed by atoms with E-state index in [9.17, 15) is 0 Å². The Balaban J connectivity index is 1.30. The molecule has 2 aliphatic heterocycles. The number of piperidine rings is 1. The highest BCUT2D eigenvalue weighted by atomic mass is 16.5. The third-order valence-corrected chi connectivity index (χ3v) is 6.70. The molecule has 1 aliphatic carbocycles. The first-order valence-corrected chi connectivity index (χ1v) is 10.3. The van der Waals surface area contributed by atoms with Crippen LogP contribution < -0.4 is 0 Å². The Kier molecular flexibility index (Phi) is 7.38. The average Bonchev–Trinajstić information content (AvgIpc) is 2.61. The van der Waals surface area contributed by atoms with Gasteiger partial charge in [0.2, 0.25) is 0 Å². The molecule has 2 saturated heterocycles. The smallest absolute Gasteiger partial charge is 0.0491 e. The van der Waals surface area contributed by atoms with E-state index in [1.165, 1.54) is 90.9 Å². The van der Waals surface area contributed by atoms with E-state index in [4.69, 9.17) is 4.74 Å². The lowest BCUT2D eigenvalue weighted by Gasteiger charge is -2.39. The van der Waals surface area contributed by atoms with Gasteiger partial charge in [0, 0.05) is 53.0 Å². The Hall–Kier alpha value is -0.160. The Morgan fingerprint density at radius 3 is 1.67 bits per heavy atom. The topological polar surface area (TPSA) is 19.0 Å². The highest BCUT2D eigenvalue weighted by Crippen LogP contribution is 2.31. The Bertz CT molecular complexity index is 341. The van der Waals surface area contributed by atoms with E-state index in [-0.39, 0.29) is 0 Å². The van der Waals surface area contributed by atoms with Crippen LogP contribution in [0.15, 0.2) is 0 Å². The molecule has 0 amide bonds. The van der Waals surface area contributed by atoms with Crippen LogP contribution in [0, 0.1) is 17.8 Å². The fourth-order valence-corrected chi connectivity index (χ4v) is 4.93. The first kappa shape index (κ1) is 18.6. The number of rotatable bonds is 6. The number of likely N-dealkylation sites (N-methyl/N-ethyl adjacent to an activating group) is 1. The van der Waals surface area contributed by atoms with E-state index in [0.29, 0.717) is 0 Å². The second-order valence-corrected chi connectivity index (χ2v) is 8.69. The van der Waals surface area contributed by atoms with Gasteiger partial charge in [0.1, 0.15) is 0 Å². The summed E-state index contributed by atoms with van der Waals surface area (Å²) in [6, 6.07) is 0. The van der Waals surface area contributed by atoms with Crippen molar-refractivity contribution in [2.45, 2.75) is 38.5 Å². The zero-order valence-corrected chi connectivity index (χ0v) is 16.1. The van der Waals surface area contributed by atoms with Crippen molar-refractivity contribution in [3.05, 3.63) is 0 Å². The molecule has 0 spiro atoms. The summed E-state index contributed by atoms with van der Waals surface area (Å²) in [6.07, 6.45) is 8.56. The van der Waals surface area contributed by atoms with Crippen LogP contribution in [0.25, 0.3) is 0 Å². The molecule has 0 bridgehead atoms. The Labute approximate surface area is 149 Å². The van der Waals surface area contributed by atoms with Gasteiger partial charge in [-0.05, 0) is 76.4 Å². The summed E-state index contributed by atoms with van der Waals surface area (Å²) in [5, 5.41) is 0. The van der Waals surface area contributed by atoms with Crippen molar-refractivity contribution in [3.63, 3.8) is 0 Å². The minimum atomic E-state index is 0.811. The zero-order valence-electron chi connectivity index (χ0n) is 16.1. The van der Waals surface area contributed by atoms with E-state index >= 15 is 0 Å². The maximum absolute atomic E-state index is 5.32. The molecule has 3 rings (SSSR count). The highest BCUT2D eigenvalue weighted by molar-refractivity contribution is 4.81. The molecule has 0 aromatic carbocycles. The van der Waals surface area contributed by atoms with Gasteiger partial charge in [-0.3, -0.25) is 0 Å². The molecule has 0 unspecified atom stereocenters. The summed E-state index contributed by atoms with van der Waals surface area (Å²) in [7, 11) is 4.09. The van der Waals surface area contributed by atoms with Crippen LogP contribution in [0.1, 0.15) is 38.5 Å². The molecular formula is C20H39N3O. The van der Waals surface area contributed by atoms with Gasteiger partial charge in [-0.15, -0.1) is 0 Å². The molecule has 0 atom stereocenters. The summed E-state index contributed by atoms with van der Waals surface area (Å²) in [5.41, 5.74) is 0. The molecule has 24 heavy (non-hydrogen) atoms. The summed E-state index contributed by atoms with van der Waals surface area (Å²) < 4.78 is 5.32. The van der Waals surface area contributed by atoms with Crippen molar-refractivity contribution in [2.75, 3.05) is 73.1 Å². The molecule has 0 radical (unpaired) electrons. The predicted molar refractivity (Wildman–Crippen MR) is 100 cm³/mol. The lowest BCUT2D eigenvalue weighted by atomic mass is 9.81. The van der Waals surface area contributed by atoms with Crippen molar-refractivity contribution in [3.8, 4) is 0 Å². The van der Waals surface area contributed by atoms with Gasteiger partial charge in [-0.2, -0.15) is 0 Å². The first-order valence-electron chi connectivity index (χ1n) is 10.3. The molecule has 140 valence electrons. The number of methoxy groups -OCH3 is 1. The van der Waals surface area contributed by atoms with Gasteiger partial charge < -0.3 is 19.4 Å². The van der Waals surface area contributed by atoms with Crippen LogP contribution in [0.5, 0.6) is 0 Å². The summed E-state index contributed by atoms with van der Waals surface area (Å²) >= 11 is 0. The third kappa shape index (κ3) is 5.69. The molecule has 0 N–H and O–H groups in total. The molecule has 0 aromatic heterocycles. The van der Waals surface area contributed by atoms with Crippen molar-refractivity contribution in [1.29, 1.82) is 0 Å². The molecule has 1 saturated carbocycles. The van der Waals surface area contributed by atoms with Crippen molar-refractivity contribution in [2.24, 2.45) is 17.8 Å². The second-order valence-electron chi connectivity index (χ2n) is 8.69. The Morgan fingerprint density at radius 1 is 0.667 bits per heavy atom. The van der Waals surface area contributed by atoms with Gasteiger partial charge in [0.25, 0.3) is 0 Å². The largest absolute Gasteiger partial charge is 0.384 e. The van der Waals surface area contributed by atoms with E-state index in [0.717, 1.165) is 24.4 Å². The fourth-order valence-electron chi connectivity index (χ4n) is 4.93. The minimum absolute atomic E-state index is 0.811. The molecule has 0 aromatic rings.